The Labute approximate surface area is 112 Å². The Kier molecular flexibility index (Phi) is 4.49. The molecule has 1 aromatic carbocycles. The van der Waals surface area contributed by atoms with Gasteiger partial charge in [0.15, 0.2) is 0 Å². The summed E-state index contributed by atoms with van der Waals surface area (Å²) in [6, 6.07) is 6.95. The molecule has 1 aromatic rings. The number of rotatable bonds is 4. The first-order valence-corrected chi connectivity index (χ1v) is 6.68. The van der Waals surface area contributed by atoms with Gasteiger partial charge in [-0.25, -0.2) is 0 Å². The average Bonchev–Trinajstić information content (AvgIpc) is 2.61. The van der Waals surface area contributed by atoms with Crippen molar-refractivity contribution in [2.45, 2.75) is 44.6 Å². The van der Waals surface area contributed by atoms with Gasteiger partial charge in [0.25, 0.3) is 5.69 Å². The van der Waals surface area contributed by atoms with Crippen LogP contribution in [0.4, 0.5) is 5.69 Å². The highest BCUT2D eigenvalue weighted by atomic mass is 16.6. The lowest BCUT2D eigenvalue weighted by molar-refractivity contribution is -0.385. The number of para-hydroxylation sites is 1. The molecule has 19 heavy (non-hydrogen) atoms. The SMILES string of the molecule is O=C1CCCCC(CCc2ccccc2[N+](=O)[O-])N1. The molecule has 5 nitrogen and oxygen atoms in total. The lowest BCUT2D eigenvalue weighted by Gasteiger charge is -2.15. The van der Waals surface area contributed by atoms with Gasteiger partial charge in [0.1, 0.15) is 0 Å². The van der Waals surface area contributed by atoms with E-state index in [9.17, 15) is 14.9 Å². The van der Waals surface area contributed by atoms with Gasteiger partial charge in [-0.1, -0.05) is 24.6 Å². The fraction of sp³-hybridized carbons (Fsp3) is 0.500. The van der Waals surface area contributed by atoms with Gasteiger partial charge in [-0.2, -0.15) is 0 Å². The first-order valence-electron chi connectivity index (χ1n) is 6.68. The predicted octanol–water partition coefficient (Wildman–Crippen LogP) is 2.59. The molecule has 1 unspecified atom stereocenters. The zero-order valence-electron chi connectivity index (χ0n) is 10.8. The molecular weight excluding hydrogens is 244 g/mol. The third kappa shape index (κ3) is 3.77. The molecular formula is C14H18N2O3. The number of hydrogen-bond acceptors (Lipinski definition) is 3. The number of aryl methyl sites for hydroxylation is 1. The maximum Gasteiger partial charge on any atom is 0.272 e. The van der Waals surface area contributed by atoms with Crippen LogP contribution in [0.1, 0.15) is 37.7 Å². The third-order valence-electron chi connectivity index (χ3n) is 3.52. The number of nitro benzene ring substituents is 1. The molecule has 0 bridgehead atoms. The van der Waals surface area contributed by atoms with E-state index in [1.165, 1.54) is 6.07 Å². The van der Waals surface area contributed by atoms with Crippen LogP contribution in [0, 0.1) is 10.1 Å². The summed E-state index contributed by atoms with van der Waals surface area (Å²) in [5, 5.41) is 13.9. The summed E-state index contributed by atoms with van der Waals surface area (Å²) < 4.78 is 0. The number of nitrogens with one attached hydrogen (secondary N) is 1. The smallest absolute Gasteiger partial charge is 0.272 e. The molecule has 1 aliphatic heterocycles. The second kappa shape index (κ2) is 6.31. The monoisotopic (exact) mass is 262 g/mol. The molecule has 1 atom stereocenters. The second-order valence-corrected chi connectivity index (χ2v) is 4.93. The summed E-state index contributed by atoms with van der Waals surface area (Å²) in [5.74, 6) is 0.102. The number of carbonyl (C=O) groups is 1. The quantitative estimate of drug-likeness (QED) is 0.669. The minimum absolute atomic E-state index is 0.102. The minimum Gasteiger partial charge on any atom is -0.353 e. The molecule has 0 spiro atoms. The van der Waals surface area contributed by atoms with Crippen molar-refractivity contribution in [1.82, 2.24) is 5.32 Å². The van der Waals surface area contributed by atoms with Gasteiger partial charge in [-0.3, -0.25) is 14.9 Å². The predicted molar refractivity (Wildman–Crippen MR) is 71.8 cm³/mol. The highest BCUT2D eigenvalue weighted by molar-refractivity contribution is 5.76. The van der Waals surface area contributed by atoms with E-state index in [4.69, 9.17) is 0 Å². The van der Waals surface area contributed by atoms with Gasteiger partial charge in [-0.05, 0) is 25.7 Å². The maximum absolute atomic E-state index is 11.5. The Balaban J connectivity index is 1.98. The first-order chi connectivity index (χ1) is 9.16. The zero-order chi connectivity index (χ0) is 13.7. The molecule has 0 aromatic heterocycles. The van der Waals surface area contributed by atoms with Crippen molar-refractivity contribution in [2.24, 2.45) is 0 Å². The molecule has 5 heteroatoms. The normalized spacial score (nSPS) is 19.6. The molecule has 1 heterocycles. The van der Waals surface area contributed by atoms with Crippen molar-refractivity contribution in [1.29, 1.82) is 0 Å². The van der Waals surface area contributed by atoms with E-state index in [1.54, 1.807) is 12.1 Å². The van der Waals surface area contributed by atoms with Gasteiger partial charge in [0.2, 0.25) is 5.91 Å². The molecule has 0 saturated carbocycles. The number of nitrogens with zero attached hydrogens (tertiary/aromatic N) is 1. The molecule has 1 fully saturated rings. The number of nitro groups is 1. The van der Waals surface area contributed by atoms with Gasteiger partial charge >= 0.3 is 0 Å². The van der Waals surface area contributed by atoms with Crippen LogP contribution < -0.4 is 5.32 Å². The Bertz CT molecular complexity index is 474. The summed E-state index contributed by atoms with van der Waals surface area (Å²) in [6.07, 6.45) is 4.93. The van der Waals surface area contributed by atoms with E-state index >= 15 is 0 Å². The standard InChI is InChI=1S/C14H18N2O3/c17-14-8-4-2-6-12(15-14)10-9-11-5-1-3-7-13(11)16(18)19/h1,3,5,7,12H,2,4,6,8-10H2,(H,15,17). The van der Waals surface area contributed by atoms with Crippen LogP contribution in [0.25, 0.3) is 0 Å². The highest BCUT2D eigenvalue weighted by Gasteiger charge is 2.18. The molecule has 1 amide bonds. The second-order valence-electron chi connectivity index (χ2n) is 4.93. The fourth-order valence-electron chi connectivity index (χ4n) is 2.49. The topological polar surface area (TPSA) is 72.2 Å². The Morgan fingerprint density at radius 1 is 1.32 bits per heavy atom. The van der Waals surface area contributed by atoms with Crippen LogP contribution in [-0.2, 0) is 11.2 Å². The van der Waals surface area contributed by atoms with Crippen LogP contribution in [0.15, 0.2) is 24.3 Å². The zero-order valence-corrected chi connectivity index (χ0v) is 10.8. The summed E-state index contributed by atoms with van der Waals surface area (Å²) in [5.41, 5.74) is 0.911. The first kappa shape index (κ1) is 13.5. The molecule has 1 saturated heterocycles. The van der Waals surface area contributed by atoms with Crippen molar-refractivity contribution in [3.63, 3.8) is 0 Å². The van der Waals surface area contributed by atoms with E-state index in [2.05, 4.69) is 5.32 Å². The Morgan fingerprint density at radius 3 is 2.89 bits per heavy atom. The molecule has 1 N–H and O–H groups in total. The third-order valence-corrected chi connectivity index (χ3v) is 3.52. The van der Waals surface area contributed by atoms with Crippen molar-refractivity contribution >= 4 is 11.6 Å². The molecule has 2 rings (SSSR count). The van der Waals surface area contributed by atoms with Gasteiger partial charge in [0, 0.05) is 24.1 Å². The number of hydrogen-bond donors (Lipinski definition) is 1. The van der Waals surface area contributed by atoms with Gasteiger partial charge < -0.3 is 5.32 Å². The summed E-state index contributed by atoms with van der Waals surface area (Å²) >= 11 is 0. The minimum atomic E-state index is -0.346. The number of carbonyl (C=O) groups excluding carboxylic acids is 1. The maximum atomic E-state index is 11.5. The molecule has 1 aliphatic rings. The lowest BCUT2D eigenvalue weighted by atomic mass is 10.0. The molecule has 102 valence electrons. The van der Waals surface area contributed by atoms with Crippen molar-refractivity contribution in [3.8, 4) is 0 Å². The van der Waals surface area contributed by atoms with E-state index in [-0.39, 0.29) is 22.6 Å². The molecule has 0 radical (unpaired) electrons. The molecule has 0 aliphatic carbocycles. The fourth-order valence-corrected chi connectivity index (χ4v) is 2.49. The van der Waals surface area contributed by atoms with Crippen LogP contribution >= 0.6 is 0 Å². The highest BCUT2D eigenvalue weighted by Crippen LogP contribution is 2.21. The van der Waals surface area contributed by atoms with E-state index in [1.807, 2.05) is 6.07 Å². The summed E-state index contributed by atoms with van der Waals surface area (Å²) in [4.78, 5) is 22.0. The van der Waals surface area contributed by atoms with Crippen LogP contribution in [-0.4, -0.2) is 16.9 Å². The lowest BCUT2D eigenvalue weighted by Crippen LogP contribution is -2.33. The van der Waals surface area contributed by atoms with E-state index in [0.29, 0.717) is 12.8 Å². The van der Waals surface area contributed by atoms with E-state index in [0.717, 1.165) is 31.2 Å². The van der Waals surface area contributed by atoms with Crippen LogP contribution in [0.5, 0.6) is 0 Å². The van der Waals surface area contributed by atoms with Crippen molar-refractivity contribution < 1.29 is 9.72 Å². The largest absolute Gasteiger partial charge is 0.353 e. The summed E-state index contributed by atoms with van der Waals surface area (Å²) in [6.45, 7) is 0. The average molecular weight is 262 g/mol. The van der Waals surface area contributed by atoms with Crippen LogP contribution in [0.3, 0.4) is 0 Å². The van der Waals surface area contributed by atoms with Gasteiger partial charge in [0.05, 0.1) is 4.92 Å². The van der Waals surface area contributed by atoms with Crippen molar-refractivity contribution in [2.75, 3.05) is 0 Å². The van der Waals surface area contributed by atoms with Crippen molar-refractivity contribution in [3.05, 3.63) is 39.9 Å². The Morgan fingerprint density at radius 2 is 2.11 bits per heavy atom. The number of amides is 1. The number of benzene rings is 1. The van der Waals surface area contributed by atoms with Gasteiger partial charge in [-0.15, -0.1) is 0 Å². The van der Waals surface area contributed by atoms with Crippen LogP contribution in [0.2, 0.25) is 0 Å². The van der Waals surface area contributed by atoms with E-state index < -0.39 is 0 Å². The Hall–Kier alpha value is -1.91. The summed E-state index contributed by atoms with van der Waals surface area (Å²) in [7, 11) is 0.